The van der Waals surface area contributed by atoms with Gasteiger partial charge in [-0.05, 0) is 28.5 Å². The lowest BCUT2D eigenvalue weighted by Gasteiger charge is -2.10. The molecular formula is C10H11IN4S. The largest absolute Gasteiger partial charge is 0.383 e. The number of nitrogen functional groups attached to an aromatic ring is 1. The van der Waals surface area contributed by atoms with Gasteiger partial charge in [0.1, 0.15) is 5.82 Å². The fourth-order valence-corrected chi connectivity index (χ4v) is 2.73. The Morgan fingerprint density at radius 2 is 2.12 bits per heavy atom. The zero-order valence-corrected chi connectivity index (χ0v) is 11.9. The maximum Gasteiger partial charge on any atom is 0.190 e. The maximum absolute atomic E-state index is 5.88. The van der Waals surface area contributed by atoms with Gasteiger partial charge in [-0.15, -0.1) is 11.3 Å². The molecule has 0 aromatic carbocycles. The van der Waals surface area contributed by atoms with Gasteiger partial charge in [-0.2, -0.15) is 0 Å². The van der Waals surface area contributed by atoms with Gasteiger partial charge in [0.05, 0.1) is 9.26 Å². The molecular weight excluding hydrogens is 335 g/mol. The summed E-state index contributed by atoms with van der Waals surface area (Å²) in [6.07, 6.45) is 1.74. The smallest absolute Gasteiger partial charge is 0.190 e. The fourth-order valence-electron chi connectivity index (χ4n) is 1.29. The Balaban J connectivity index is 2.57. The molecule has 4 nitrogen and oxygen atoms in total. The molecule has 0 atom stereocenters. The molecule has 2 heterocycles. The molecule has 0 saturated heterocycles. The summed E-state index contributed by atoms with van der Waals surface area (Å²) in [5.41, 5.74) is 6.87. The maximum atomic E-state index is 5.88. The van der Waals surface area contributed by atoms with Crippen molar-refractivity contribution in [2.75, 3.05) is 5.73 Å². The van der Waals surface area contributed by atoms with Crippen LogP contribution >= 0.6 is 33.9 Å². The van der Waals surface area contributed by atoms with Crippen molar-refractivity contribution in [1.82, 2.24) is 15.0 Å². The van der Waals surface area contributed by atoms with Gasteiger partial charge in [0.25, 0.3) is 0 Å². The van der Waals surface area contributed by atoms with Gasteiger partial charge in [-0.25, -0.2) is 15.0 Å². The summed E-state index contributed by atoms with van der Waals surface area (Å²) in [7, 11) is 0. The molecule has 0 aliphatic rings. The molecule has 0 spiro atoms. The lowest BCUT2D eigenvalue weighted by Crippen LogP contribution is -2.06. The number of halogens is 1. The number of thiazole rings is 1. The van der Waals surface area contributed by atoms with Crippen molar-refractivity contribution in [3.05, 3.63) is 20.8 Å². The first-order chi connectivity index (χ1) is 7.59. The van der Waals surface area contributed by atoms with E-state index in [1.54, 1.807) is 6.20 Å². The van der Waals surface area contributed by atoms with Gasteiger partial charge in [-0.3, -0.25) is 0 Å². The van der Waals surface area contributed by atoms with E-state index in [1.165, 1.54) is 11.3 Å². The summed E-state index contributed by atoms with van der Waals surface area (Å²) >= 11 is 3.70. The van der Waals surface area contributed by atoms with Crippen LogP contribution in [0.4, 0.5) is 5.82 Å². The third-order valence-electron chi connectivity index (χ3n) is 2.07. The van der Waals surface area contributed by atoms with Crippen LogP contribution in [0.1, 0.15) is 25.5 Å². The standard InChI is InChI=1S/C10H11IN4S/c1-5(2)7-6(11)8(12)15-9(14-7)10-13-3-4-16-10/h3-5H,1-2H3,(H2,12,14,15). The van der Waals surface area contributed by atoms with Crippen LogP contribution in [-0.2, 0) is 0 Å². The van der Waals surface area contributed by atoms with Crippen molar-refractivity contribution in [2.45, 2.75) is 19.8 Å². The number of anilines is 1. The van der Waals surface area contributed by atoms with Crippen LogP contribution < -0.4 is 5.73 Å². The number of nitrogens with zero attached hydrogens (tertiary/aromatic N) is 3. The first kappa shape index (κ1) is 11.7. The van der Waals surface area contributed by atoms with E-state index in [2.05, 4.69) is 51.4 Å². The highest BCUT2D eigenvalue weighted by atomic mass is 127. The third kappa shape index (κ3) is 2.17. The first-order valence-electron chi connectivity index (χ1n) is 4.82. The van der Waals surface area contributed by atoms with E-state index >= 15 is 0 Å². The Labute approximate surface area is 111 Å². The summed E-state index contributed by atoms with van der Waals surface area (Å²) in [5, 5.41) is 2.71. The molecule has 0 aliphatic carbocycles. The highest BCUT2D eigenvalue weighted by Gasteiger charge is 2.14. The van der Waals surface area contributed by atoms with Crippen molar-refractivity contribution in [3.8, 4) is 10.8 Å². The van der Waals surface area contributed by atoms with Gasteiger partial charge in [0.15, 0.2) is 10.8 Å². The number of rotatable bonds is 2. The van der Waals surface area contributed by atoms with Crippen molar-refractivity contribution in [1.29, 1.82) is 0 Å². The Bertz CT molecular complexity index is 496. The van der Waals surface area contributed by atoms with Crippen molar-refractivity contribution in [2.24, 2.45) is 0 Å². The van der Waals surface area contributed by atoms with Crippen molar-refractivity contribution < 1.29 is 0 Å². The zero-order chi connectivity index (χ0) is 11.7. The molecule has 2 aromatic rings. The van der Waals surface area contributed by atoms with Gasteiger partial charge >= 0.3 is 0 Å². The first-order valence-corrected chi connectivity index (χ1v) is 6.78. The molecule has 2 aromatic heterocycles. The zero-order valence-electron chi connectivity index (χ0n) is 8.94. The Morgan fingerprint density at radius 1 is 1.38 bits per heavy atom. The second-order valence-corrected chi connectivity index (χ2v) is 5.60. The van der Waals surface area contributed by atoms with E-state index in [0.29, 0.717) is 17.6 Å². The average molecular weight is 346 g/mol. The molecule has 2 N–H and O–H groups in total. The minimum absolute atomic E-state index is 0.330. The lowest BCUT2D eigenvalue weighted by molar-refractivity contribution is 0.810. The van der Waals surface area contributed by atoms with Crippen molar-refractivity contribution >= 4 is 39.7 Å². The molecule has 84 valence electrons. The molecule has 0 fully saturated rings. The minimum atomic E-state index is 0.330. The second kappa shape index (κ2) is 4.62. The second-order valence-electron chi connectivity index (χ2n) is 3.62. The summed E-state index contributed by atoms with van der Waals surface area (Å²) < 4.78 is 0.938. The summed E-state index contributed by atoms with van der Waals surface area (Å²) in [5.74, 6) is 1.48. The van der Waals surface area contributed by atoms with Gasteiger partial charge in [0, 0.05) is 11.6 Å². The molecule has 0 aliphatic heterocycles. The van der Waals surface area contributed by atoms with Crippen molar-refractivity contribution in [3.63, 3.8) is 0 Å². The quantitative estimate of drug-likeness (QED) is 0.850. The van der Waals surface area contributed by atoms with Gasteiger partial charge < -0.3 is 5.73 Å². The third-order valence-corrected chi connectivity index (χ3v) is 3.95. The van der Waals surface area contributed by atoms with Crippen LogP contribution in [0.5, 0.6) is 0 Å². The monoisotopic (exact) mass is 346 g/mol. The van der Waals surface area contributed by atoms with E-state index in [0.717, 1.165) is 14.3 Å². The lowest BCUT2D eigenvalue weighted by atomic mass is 10.1. The summed E-state index contributed by atoms with van der Waals surface area (Å²) in [6.45, 7) is 4.19. The van der Waals surface area contributed by atoms with Crippen LogP contribution in [0.25, 0.3) is 10.8 Å². The normalized spacial score (nSPS) is 11.0. The molecule has 0 bridgehead atoms. The van der Waals surface area contributed by atoms with E-state index in [4.69, 9.17) is 5.73 Å². The Hall–Kier alpha value is -0.760. The predicted molar refractivity (Wildman–Crippen MR) is 74.4 cm³/mol. The van der Waals surface area contributed by atoms with E-state index in [1.807, 2.05) is 5.38 Å². The van der Waals surface area contributed by atoms with E-state index in [-0.39, 0.29) is 0 Å². The number of nitrogens with two attached hydrogens (primary N) is 1. The topological polar surface area (TPSA) is 64.7 Å². The molecule has 2 rings (SSSR count). The molecule has 0 saturated carbocycles. The van der Waals surface area contributed by atoms with Crippen LogP contribution in [0.3, 0.4) is 0 Å². The van der Waals surface area contributed by atoms with Crippen LogP contribution in [0.2, 0.25) is 0 Å². The average Bonchev–Trinajstić information content (AvgIpc) is 2.74. The Morgan fingerprint density at radius 3 is 2.69 bits per heavy atom. The number of hydrogen-bond donors (Lipinski definition) is 1. The Kier molecular flexibility index (Phi) is 3.38. The SMILES string of the molecule is CC(C)c1nc(-c2nccs2)nc(N)c1I. The van der Waals surface area contributed by atoms with E-state index in [9.17, 15) is 0 Å². The number of aromatic nitrogens is 3. The summed E-state index contributed by atoms with van der Waals surface area (Å²) in [6, 6.07) is 0. The molecule has 6 heteroatoms. The van der Waals surface area contributed by atoms with Gasteiger partial charge in [-0.1, -0.05) is 13.8 Å². The predicted octanol–water partition coefficient (Wildman–Crippen LogP) is 2.91. The highest BCUT2D eigenvalue weighted by molar-refractivity contribution is 14.1. The van der Waals surface area contributed by atoms with Crippen LogP contribution in [-0.4, -0.2) is 15.0 Å². The van der Waals surface area contributed by atoms with Gasteiger partial charge in [0.2, 0.25) is 0 Å². The molecule has 0 unspecified atom stereocenters. The molecule has 0 amide bonds. The van der Waals surface area contributed by atoms with Crippen LogP contribution in [0.15, 0.2) is 11.6 Å². The van der Waals surface area contributed by atoms with Crippen LogP contribution in [0, 0.1) is 3.57 Å². The van der Waals surface area contributed by atoms with E-state index < -0.39 is 0 Å². The summed E-state index contributed by atoms with van der Waals surface area (Å²) in [4.78, 5) is 13.0. The minimum Gasteiger partial charge on any atom is -0.383 e. The molecule has 0 radical (unpaired) electrons. The fraction of sp³-hybridized carbons (Fsp3) is 0.300. The number of hydrogen-bond acceptors (Lipinski definition) is 5. The highest BCUT2D eigenvalue weighted by Crippen LogP contribution is 2.27. The molecule has 16 heavy (non-hydrogen) atoms.